The summed E-state index contributed by atoms with van der Waals surface area (Å²) >= 11 is 12.6. The summed E-state index contributed by atoms with van der Waals surface area (Å²) < 4.78 is 16.2. The van der Waals surface area contributed by atoms with Crippen LogP contribution in [-0.2, 0) is 9.59 Å². The molecule has 1 saturated heterocycles. The maximum absolute atomic E-state index is 12.9. The van der Waals surface area contributed by atoms with Gasteiger partial charge < -0.3 is 14.2 Å². The standard InChI is InChI=1S/C20H16ClNO5S2/c1-11(23)27-18-15(25-2)7-12(8-16(18)26-3)9-17-19(24)22(20(28)29-17)14-6-4-5-13(21)10-14/h4-10H,1-3H3/b17-9+. The number of hydrogen-bond donors (Lipinski definition) is 0. The van der Waals surface area contributed by atoms with Gasteiger partial charge in [-0.05, 0) is 42.0 Å². The molecule has 6 nitrogen and oxygen atoms in total. The van der Waals surface area contributed by atoms with E-state index in [-0.39, 0.29) is 11.7 Å². The van der Waals surface area contributed by atoms with Crippen LogP contribution in [-0.4, -0.2) is 30.4 Å². The highest BCUT2D eigenvalue weighted by molar-refractivity contribution is 8.27. The van der Waals surface area contributed by atoms with Gasteiger partial charge in [-0.3, -0.25) is 14.5 Å². The van der Waals surface area contributed by atoms with E-state index in [2.05, 4.69) is 0 Å². The lowest BCUT2D eigenvalue weighted by Gasteiger charge is -2.14. The van der Waals surface area contributed by atoms with Gasteiger partial charge in [0.1, 0.15) is 0 Å². The molecule has 1 aliphatic rings. The predicted octanol–water partition coefficient (Wildman–Crippen LogP) is 4.69. The fourth-order valence-electron chi connectivity index (χ4n) is 2.68. The van der Waals surface area contributed by atoms with Crippen LogP contribution >= 0.6 is 35.6 Å². The van der Waals surface area contributed by atoms with Crippen LogP contribution in [0.15, 0.2) is 41.3 Å². The first kappa shape index (κ1) is 21.2. The van der Waals surface area contributed by atoms with E-state index in [0.717, 1.165) is 0 Å². The fourth-order valence-corrected chi connectivity index (χ4v) is 4.17. The van der Waals surface area contributed by atoms with E-state index in [1.54, 1.807) is 42.5 Å². The number of thioether (sulfide) groups is 1. The summed E-state index contributed by atoms with van der Waals surface area (Å²) in [5.41, 5.74) is 1.23. The van der Waals surface area contributed by atoms with Gasteiger partial charge in [0.25, 0.3) is 5.91 Å². The number of anilines is 1. The molecule has 0 saturated carbocycles. The van der Waals surface area contributed by atoms with E-state index in [4.69, 9.17) is 38.0 Å². The number of carbonyl (C=O) groups is 2. The number of rotatable bonds is 5. The number of ether oxygens (including phenoxy) is 3. The highest BCUT2D eigenvalue weighted by atomic mass is 35.5. The topological polar surface area (TPSA) is 65.1 Å². The van der Waals surface area contributed by atoms with Crippen LogP contribution in [0.1, 0.15) is 12.5 Å². The van der Waals surface area contributed by atoms with Crippen molar-refractivity contribution in [3.63, 3.8) is 0 Å². The number of benzene rings is 2. The number of thiocarbonyl (C=S) groups is 1. The molecule has 0 radical (unpaired) electrons. The predicted molar refractivity (Wildman–Crippen MR) is 118 cm³/mol. The van der Waals surface area contributed by atoms with Crippen LogP contribution in [0.25, 0.3) is 6.08 Å². The number of halogens is 1. The zero-order valence-electron chi connectivity index (χ0n) is 15.7. The zero-order valence-corrected chi connectivity index (χ0v) is 18.1. The molecular formula is C20H16ClNO5S2. The van der Waals surface area contributed by atoms with E-state index in [9.17, 15) is 9.59 Å². The number of methoxy groups -OCH3 is 2. The van der Waals surface area contributed by atoms with Crippen molar-refractivity contribution in [2.45, 2.75) is 6.92 Å². The molecule has 0 bridgehead atoms. The Morgan fingerprint density at radius 3 is 2.38 bits per heavy atom. The minimum atomic E-state index is -0.503. The molecule has 0 N–H and O–H groups in total. The minimum Gasteiger partial charge on any atom is -0.493 e. The molecule has 1 amide bonds. The van der Waals surface area contributed by atoms with Crippen molar-refractivity contribution in [3.8, 4) is 17.2 Å². The Morgan fingerprint density at radius 2 is 1.83 bits per heavy atom. The van der Waals surface area contributed by atoms with Crippen LogP contribution in [0.2, 0.25) is 5.02 Å². The molecule has 2 aromatic carbocycles. The Morgan fingerprint density at radius 1 is 1.17 bits per heavy atom. The van der Waals surface area contributed by atoms with Crippen molar-refractivity contribution in [2.24, 2.45) is 0 Å². The van der Waals surface area contributed by atoms with Crippen molar-refractivity contribution in [3.05, 3.63) is 51.9 Å². The van der Waals surface area contributed by atoms with Crippen molar-refractivity contribution < 1.29 is 23.8 Å². The smallest absolute Gasteiger partial charge is 0.308 e. The van der Waals surface area contributed by atoms with E-state index >= 15 is 0 Å². The number of esters is 1. The molecule has 1 fully saturated rings. The Hall–Kier alpha value is -2.55. The fraction of sp³-hybridized carbons (Fsp3) is 0.150. The highest BCUT2D eigenvalue weighted by Crippen LogP contribution is 2.41. The SMILES string of the molecule is COc1cc(/C=C2/SC(=S)N(c3cccc(Cl)c3)C2=O)cc(OC)c1OC(C)=O. The Kier molecular flexibility index (Phi) is 6.46. The molecule has 1 heterocycles. The third kappa shape index (κ3) is 4.55. The van der Waals surface area contributed by atoms with E-state index < -0.39 is 5.97 Å². The zero-order chi connectivity index (χ0) is 21.1. The average Bonchev–Trinajstić information content (AvgIpc) is 2.95. The monoisotopic (exact) mass is 449 g/mol. The minimum absolute atomic E-state index is 0.172. The van der Waals surface area contributed by atoms with Crippen molar-refractivity contribution >= 4 is 63.5 Å². The van der Waals surface area contributed by atoms with Crippen molar-refractivity contribution in [1.29, 1.82) is 0 Å². The van der Waals surface area contributed by atoms with Crippen molar-refractivity contribution in [2.75, 3.05) is 19.1 Å². The highest BCUT2D eigenvalue weighted by Gasteiger charge is 2.33. The molecule has 0 atom stereocenters. The second-order valence-electron chi connectivity index (χ2n) is 5.85. The van der Waals surface area contributed by atoms with Gasteiger partial charge >= 0.3 is 5.97 Å². The van der Waals surface area contributed by atoms with Gasteiger partial charge in [0, 0.05) is 11.9 Å². The lowest BCUT2D eigenvalue weighted by Crippen LogP contribution is -2.27. The van der Waals surface area contributed by atoms with Gasteiger partial charge in [-0.25, -0.2) is 0 Å². The van der Waals surface area contributed by atoms with Crippen molar-refractivity contribution in [1.82, 2.24) is 0 Å². The largest absolute Gasteiger partial charge is 0.493 e. The lowest BCUT2D eigenvalue weighted by molar-refractivity contribution is -0.132. The first-order valence-corrected chi connectivity index (χ1v) is 9.92. The average molecular weight is 450 g/mol. The normalized spacial score (nSPS) is 15.0. The summed E-state index contributed by atoms with van der Waals surface area (Å²) in [6.45, 7) is 1.29. The van der Waals surface area contributed by atoms with Gasteiger partial charge in [0.15, 0.2) is 15.8 Å². The third-order valence-electron chi connectivity index (χ3n) is 3.89. The summed E-state index contributed by atoms with van der Waals surface area (Å²) in [7, 11) is 2.90. The second kappa shape index (κ2) is 8.86. The molecule has 2 aromatic rings. The van der Waals surface area contributed by atoms with Crippen LogP contribution in [0.3, 0.4) is 0 Å². The maximum Gasteiger partial charge on any atom is 0.308 e. The maximum atomic E-state index is 12.9. The lowest BCUT2D eigenvalue weighted by atomic mass is 10.1. The van der Waals surface area contributed by atoms with E-state index in [1.165, 1.54) is 37.8 Å². The molecule has 9 heteroatoms. The van der Waals surface area contributed by atoms with Gasteiger partial charge in [0.05, 0.1) is 24.8 Å². The number of amides is 1. The summed E-state index contributed by atoms with van der Waals surface area (Å²) in [4.78, 5) is 26.2. The quantitative estimate of drug-likeness (QED) is 0.284. The molecule has 1 aliphatic heterocycles. The van der Waals surface area contributed by atoms with Gasteiger partial charge in [-0.2, -0.15) is 0 Å². The van der Waals surface area contributed by atoms with E-state index in [1.807, 2.05) is 0 Å². The molecule has 29 heavy (non-hydrogen) atoms. The van der Waals surface area contributed by atoms with Gasteiger partial charge in [-0.1, -0.05) is 41.6 Å². The first-order chi connectivity index (χ1) is 13.8. The Bertz CT molecular complexity index is 1010. The number of hydrogen-bond acceptors (Lipinski definition) is 7. The number of nitrogens with zero attached hydrogens (tertiary/aromatic N) is 1. The summed E-state index contributed by atoms with van der Waals surface area (Å²) in [6.07, 6.45) is 1.67. The number of carbonyl (C=O) groups excluding carboxylic acids is 2. The third-order valence-corrected chi connectivity index (χ3v) is 5.42. The van der Waals surface area contributed by atoms with Crippen LogP contribution < -0.4 is 19.1 Å². The summed E-state index contributed by atoms with van der Waals surface area (Å²) in [5.74, 6) is 0.0133. The molecule has 0 unspecified atom stereocenters. The van der Waals surface area contributed by atoms with Crippen LogP contribution in [0.5, 0.6) is 17.2 Å². The Labute approximate surface area is 182 Å². The summed E-state index contributed by atoms with van der Waals surface area (Å²) in [6, 6.07) is 10.2. The second-order valence-corrected chi connectivity index (χ2v) is 7.96. The molecule has 150 valence electrons. The Balaban J connectivity index is 1.99. The van der Waals surface area contributed by atoms with Crippen LogP contribution in [0.4, 0.5) is 5.69 Å². The molecule has 0 aromatic heterocycles. The van der Waals surface area contributed by atoms with Crippen LogP contribution in [0, 0.1) is 0 Å². The molecule has 0 spiro atoms. The van der Waals surface area contributed by atoms with Gasteiger partial charge in [0.2, 0.25) is 5.75 Å². The van der Waals surface area contributed by atoms with E-state index in [0.29, 0.717) is 37.0 Å². The molecular weight excluding hydrogens is 434 g/mol. The first-order valence-electron chi connectivity index (χ1n) is 8.32. The molecule has 0 aliphatic carbocycles. The summed E-state index contributed by atoms with van der Waals surface area (Å²) in [5, 5.41) is 0.510. The van der Waals surface area contributed by atoms with Gasteiger partial charge in [-0.15, -0.1) is 0 Å². The molecule has 3 rings (SSSR count).